The first kappa shape index (κ1) is 17.3. The minimum Gasteiger partial charge on any atom is -0.372 e. The second-order valence-corrected chi connectivity index (χ2v) is 4.95. The molecule has 0 aliphatic carbocycles. The van der Waals surface area contributed by atoms with Crippen molar-refractivity contribution in [2.75, 3.05) is 26.3 Å². The lowest BCUT2D eigenvalue weighted by Crippen LogP contribution is -2.23. The number of likely N-dealkylation sites (N-methyl/N-ethyl adjacent to an activating group) is 1. The molecule has 1 N–H and O–H groups in total. The Hall–Kier alpha value is -0.780. The Labute approximate surface area is 122 Å². The number of hydrogen-bond donors (Lipinski definition) is 1. The van der Waals surface area contributed by atoms with Crippen LogP contribution in [0.15, 0.2) is 24.3 Å². The van der Waals surface area contributed by atoms with Crippen LogP contribution in [0.5, 0.6) is 0 Å². The van der Waals surface area contributed by atoms with E-state index in [1.807, 2.05) is 19.1 Å². The van der Waals surface area contributed by atoms with Gasteiger partial charge in [0.05, 0.1) is 0 Å². The minimum absolute atomic E-state index is 0.0815. The number of halogens is 4. The molecular formula is C14H19ClF3NO. The highest BCUT2D eigenvalue weighted by molar-refractivity contribution is 6.30. The molecule has 0 saturated heterocycles. The van der Waals surface area contributed by atoms with Gasteiger partial charge in [-0.25, -0.2) is 0 Å². The Morgan fingerprint density at radius 1 is 1.25 bits per heavy atom. The highest BCUT2D eigenvalue weighted by atomic mass is 35.5. The van der Waals surface area contributed by atoms with Gasteiger partial charge in [-0.3, -0.25) is 0 Å². The maximum atomic E-state index is 12.0. The zero-order chi connectivity index (χ0) is 15.0. The van der Waals surface area contributed by atoms with Crippen LogP contribution in [-0.2, 0) is 4.74 Å². The molecule has 0 aromatic heterocycles. The van der Waals surface area contributed by atoms with Crippen LogP contribution < -0.4 is 5.32 Å². The summed E-state index contributed by atoms with van der Waals surface area (Å²) < 4.78 is 40.7. The maximum Gasteiger partial charge on any atom is 0.411 e. The fourth-order valence-electron chi connectivity index (χ4n) is 1.85. The summed E-state index contributed by atoms with van der Waals surface area (Å²) in [6.45, 7) is 2.39. The van der Waals surface area contributed by atoms with Crippen LogP contribution in [0.3, 0.4) is 0 Å². The van der Waals surface area contributed by atoms with Gasteiger partial charge in [0.15, 0.2) is 0 Å². The second-order valence-electron chi connectivity index (χ2n) is 4.51. The highest BCUT2D eigenvalue weighted by Gasteiger charge is 2.27. The summed E-state index contributed by atoms with van der Waals surface area (Å²) >= 11 is 5.83. The Morgan fingerprint density at radius 2 is 1.90 bits per heavy atom. The Kier molecular flexibility index (Phi) is 7.34. The highest BCUT2D eigenvalue weighted by Crippen LogP contribution is 2.22. The molecule has 1 aromatic rings. The number of hydrogen-bond acceptors (Lipinski definition) is 2. The van der Waals surface area contributed by atoms with Gasteiger partial charge in [0.2, 0.25) is 0 Å². The molecule has 0 radical (unpaired) electrons. The summed E-state index contributed by atoms with van der Waals surface area (Å²) in [6, 6.07) is 7.36. The molecule has 2 nitrogen and oxygen atoms in total. The molecule has 1 atom stereocenters. The molecule has 1 rings (SSSR count). The van der Waals surface area contributed by atoms with Crippen LogP contribution >= 0.6 is 11.6 Å². The normalized spacial score (nSPS) is 13.4. The molecule has 0 amide bonds. The quantitative estimate of drug-likeness (QED) is 0.733. The van der Waals surface area contributed by atoms with Crippen molar-refractivity contribution in [3.63, 3.8) is 0 Å². The van der Waals surface area contributed by atoms with Crippen LogP contribution in [0.1, 0.15) is 24.8 Å². The summed E-state index contributed by atoms with van der Waals surface area (Å²) in [7, 11) is 0. The smallest absolute Gasteiger partial charge is 0.372 e. The fraction of sp³-hybridized carbons (Fsp3) is 0.571. The first-order chi connectivity index (χ1) is 9.42. The number of alkyl halides is 3. The third-order valence-corrected chi connectivity index (χ3v) is 3.11. The number of nitrogens with one attached hydrogen (secondary N) is 1. The van der Waals surface area contributed by atoms with Crippen LogP contribution in [0.2, 0.25) is 5.02 Å². The average molecular weight is 310 g/mol. The van der Waals surface area contributed by atoms with Crippen molar-refractivity contribution in [2.45, 2.75) is 25.4 Å². The molecule has 1 unspecified atom stereocenters. The van der Waals surface area contributed by atoms with Crippen molar-refractivity contribution in [3.05, 3.63) is 34.9 Å². The van der Waals surface area contributed by atoms with Crippen LogP contribution in [0.4, 0.5) is 13.2 Å². The number of ether oxygens (including phenoxy) is 1. The Bertz CT molecular complexity index is 381. The van der Waals surface area contributed by atoms with E-state index >= 15 is 0 Å². The summed E-state index contributed by atoms with van der Waals surface area (Å²) in [4.78, 5) is 0. The maximum absolute atomic E-state index is 12.0. The molecule has 20 heavy (non-hydrogen) atoms. The van der Waals surface area contributed by atoms with E-state index in [2.05, 4.69) is 10.1 Å². The average Bonchev–Trinajstić information content (AvgIpc) is 2.38. The van der Waals surface area contributed by atoms with Gasteiger partial charge in [0.25, 0.3) is 0 Å². The van der Waals surface area contributed by atoms with E-state index < -0.39 is 12.8 Å². The summed E-state index contributed by atoms with van der Waals surface area (Å²) in [5.74, 6) is 0.112. The molecule has 0 bridgehead atoms. The van der Waals surface area contributed by atoms with E-state index in [0.717, 1.165) is 12.1 Å². The molecule has 0 spiro atoms. The summed E-state index contributed by atoms with van der Waals surface area (Å²) in [5, 5.41) is 3.85. The lowest BCUT2D eigenvalue weighted by atomic mass is 9.96. The molecule has 6 heteroatoms. The van der Waals surface area contributed by atoms with Gasteiger partial charge in [-0.1, -0.05) is 30.7 Å². The van der Waals surface area contributed by atoms with Gasteiger partial charge in [0.1, 0.15) is 6.61 Å². The first-order valence-electron chi connectivity index (χ1n) is 6.53. The summed E-state index contributed by atoms with van der Waals surface area (Å²) in [5.41, 5.74) is 1.05. The second kappa shape index (κ2) is 8.49. The molecule has 0 saturated carbocycles. The zero-order valence-electron chi connectivity index (χ0n) is 11.3. The monoisotopic (exact) mass is 309 g/mol. The largest absolute Gasteiger partial charge is 0.411 e. The molecule has 1 aromatic carbocycles. The number of benzene rings is 1. The predicted molar refractivity (Wildman–Crippen MR) is 74.2 cm³/mol. The van der Waals surface area contributed by atoms with E-state index in [1.165, 1.54) is 0 Å². The van der Waals surface area contributed by atoms with Crippen LogP contribution in [0.25, 0.3) is 0 Å². The van der Waals surface area contributed by atoms with Crippen molar-refractivity contribution < 1.29 is 17.9 Å². The third kappa shape index (κ3) is 7.12. The van der Waals surface area contributed by atoms with Gasteiger partial charge >= 0.3 is 6.18 Å². The van der Waals surface area contributed by atoms with Crippen LogP contribution in [-0.4, -0.2) is 32.5 Å². The SMILES string of the molecule is CCNCC(CCOCC(F)(F)F)c1ccc(Cl)cc1. The zero-order valence-corrected chi connectivity index (χ0v) is 12.1. The predicted octanol–water partition coefficient (Wildman–Crippen LogP) is 4.00. The van der Waals surface area contributed by atoms with Crippen molar-refractivity contribution >= 4 is 11.6 Å². The van der Waals surface area contributed by atoms with E-state index in [0.29, 0.717) is 18.0 Å². The van der Waals surface area contributed by atoms with Crippen molar-refractivity contribution in [1.82, 2.24) is 5.32 Å². The standard InChI is InChI=1S/C14H19ClF3NO/c1-2-19-9-12(7-8-20-10-14(16,17)18)11-3-5-13(15)6-4-11/h3-6,12,19H,2,7-10H2,1H3. The molecule has 0 heterocycles. The van der Waals surface area contributed by atoms with Crippen molar-refractivity contribution in [3.8, 4) is 0 Å². The van der Waals surface area contributed by atoms with E-state index in [9.17, 15) is 13.2 Å². The van der Waals surface area contributed by atoms with Gasteiger partial charge in [-0.05, 0) is 36.6 Å². The first-order valence-corrected chi connectivity index (χ1v) is 6.91. The Balaban J connectivity index is 2.49. The molecule has 0 aliphatic rings. The Morgan fingerprint density at radius 3 is 2.45 bits per heavy atom. The summed E-state index contributed by atoms with van der Waals surface area (Å²) in [6.07, 6.45) is -3.73. The van der Waals surface area contributed by atoms with Gasteiger partial charge in [-0.2, -0.15) is 13.2 Å². The topological polar surface area (TPSA) is 21.3 Å². The van der Waals surface area contributed by atoms with Crippen LogP contribution in [0, 0.1) is 0 Å². The molecule has 114 valence electrons. The van der Waals surface area contributed by atoms with Gasteiger partial charge < -0.3 is 10.1 Å². The van der Waals surface area contributed by atoms with Gasteiger partial charge in [0, 0.05) is 18.2 Å². The minimum atomic E-state index is -4.27. The molecular weight excluding hydrogens is 291 g/mol. The van der Waals surface area contributed by atoms with E-state index in [4.69, 9.17) is 11.6 Å². The van der Waals surface area contributed by atoms with Gasteiger partial charge in [-0.15, -0.1) is 0 Å². The lowest BCUT2D eigenvalue weighted by molar-refractivity contribution is -0.174. The lowest BCUT2D eigenvalue weighted by Gasteiger charge is -2.18. The fourth-order valence-corrected chi connectivity index (χ4v) is 1.98. The van der Waals surface area contributed by atoms with E-state index in [1.54, 1.807) is 12.1 Å². The van der Waals surface area contributed by atoms with E-state index in [-0.39, 0.29) is 12.5 Å². The number of rotatable bonds is 8. The molecule has 0 aliphatic heterocycles. The van der Waals surface area contributed by atoms with Crippen molar-refractivity contribution in [2.24, 2.45) is 0 Å². The van der Waals surface area contributed by atoms with Crippen molar-refractivity contribution in [1.29, 1.82) is 0 Å². The molecule has 0 fully saturated rings. The third-order valence-electron chi connectivity index (χ3n) is 2.86.